The summed E-state index contributed by atoms with van der Waals surface area (Å²) in [5.41, 5.74) is 0. The van der Waals surface area contributed by atoms with Crippen LogP contribution in [0.1, 0.15) is 13.3 Å². The highest BCUT2D eigenvalue weighted by Crippen LogP contribution is 2.27. The second-order valence-electron chi connectivity index (χ2n) is 3.98. The second kappa shape index (κ2) is 5.78. The first-order valence-corrected chi connectivity index (χ1v) is 8.38. The maximum Gasteiger partial charge on any atom is 0.262 e. The lowest BCUT2D eigenvalue weighted by atomic mass is 10.5. The van der Waals surface area contributed by atoms with Crippen LogP contribution in [0.5, 0.6) is 0 Å². The molecule has 0 unspecified atom stereocenters. The first-order valence-electron chi connectivity index (χ1n) is 6.06. The molecule has 2 heterocycles. The number of nitrogens with zero attached hydrogens (tertiary/aromatic N) is 4. The van der Waals surface area contributed by atoms with Crippen molar-refractivity contribution in [2.24, 2.45) is 0 Å². The molecule has 0 fully saturated rings. The molecule has 0 aliphatic heterocycles. The fourth-order valence-electron chi connectivity index (χ4n) is 1.92. The van der Waals surface area contributed by atoms with Crippen molar-refractivity contribution in [3.8, 4) is 6.07 Å². The van der Waals surface area contributed by atoms with E-state index in [9.17, 15) is 8.42 Å². The standard InChI is InChI=1S/C11H15N5O2S2/c1-3-15(6-4-5-12)20(17,18)10-9(13-2)14-11-16(10)7-8-19-11/h7-8,13H,3-4,6H2,1-2H3. The first kappa shape index (κ1) is 14.8. The van der Waals surface area contributed by atoms with Crippen LogP contribution in [0.4, 0.5) is 5.82 Å². The number of hydrogen-bond donors (Lipinski definition) is 1. The van der Waals surface area contributed by atoms with E-state index in [2.05, 4.69) is 10.3 Å². The Morgan fingerprint density at radius 1 is 1.60 bits per heavy atom. The number of nitriles is 1. The minimum absolute atomic E-state index is 0.121. The first-order chi connectivity index (χ1) is 9.56. The lowest BCUT2D eigenvalue weighted by Crippen LogP contribution is -2.32. The number of nitrogens with one attached hydrogen (secondary N) is 1. The van der Waals surface area contributed by atoms with E-state index in [1.54, 1.807) is 29.9 Å². The number of hydrogen-bond acceptors (Lipinski definition) is 6. The molecule has 9 heteroatoms. The van der Waals surface area contributed by atoms with Crippen molar-refractivity contribution in [3.63, 3.8) is 0 Å². The normalized spacial score (nSPS) is 11.9. The van der Waals surface area contributed by atoms with Crippen LogP contribution in [0.2, 0.25) is 0 Å². The summed E-state index contributed by atoms with van der Waals surface area (Å²) in [7, 11) is -2.06. The molecule has 0 aliphatic carbocycles. The van der Waals surface area contributed by atoms with Crippen LogP contribution in [-0.2, 0) is 10.0 Å². The van der Waals surface area contributed by atoms with Crippen LogP contribution in [0.15, 0.2) is 16.6 Å². The molecular formula is C11H15N5O2S2. The Kier molecular flexibility index (Phi) is 4.27. The SMILES string of the molecule is CCN(CCC#N)S(=O)(=O)c1c(NC)nc2sccn12. The minimum atomic E-state index is -3.69. The van der Waals surface area contributed by atoms with Crippen LogP contribution >= 0.6 is 11.3 Å². The zero-order valence-electron chi connectivity index (χ0n) is 11.2. The highest BCUT2D eigenvalue weighted by Gasteiger charge is 2.30. The van der Waals surface area contributed by atoms with Crippen molar-refractivity contribution in [3.05, 3.63) is 11.6 Å². The van der Waals surface area contributed by atoms with Gasteiger partial charge in [0.2, 0.25) is 0 Å². The summed E-state index contributed by atoms with van der Waals surface area (Å²) in [6.45, 7) is 2.24. The van der Waals surface area contributed by atoms with E-state index in [-0.39, 0.29) is 18.0 Å². The third kappa shape index (κ3) is 2.37. The van der Waals surface area contributed by atoms with Crippen molar-refractivity contribution in [2.45, 2.75) is 18.4 Å². The third-order valence-corrected chi connectivity index (χ3v) is 5.62. The Morgan fingerprint density at radius 3 is 2.95 bits per heavy atom. The van der Waals surface area contributed by atoms with Crippen molar-refractivity contribution in [1.82, 2.24) is 13.7 Å². The molecule has 0 amide bonds. The van der Waals surface area contributed by atoms with Gasteiger partial charge in [0.05, 0.1) is 6.07 Å². The minimum Gasteiger partial charge on any atom is -0.371 e. The fraction of sp³-hybridized carbons (Fsp3) is 0.455. The van der Waals surface area contributed by atoms with Gasteiger partial charge in [-0.05, 0) is 0 Å². The fourth-order valence-corrected chi connectivity index (χ4v) is 4.40. The lowest BCUT2D eigenvalue weighted by molar-refractivity contribution is 0.432. The summed E-state index contributed by atoms with van der Waals surface area (Å²) < 4.78 is 28.3. The Labute approximate surface area is 121 Å². The monoisotopic (exact) mass is 313 g/mol. The lowest BCUT2D eigenvalue weighted by Gasteiger charge is -2.19. The maximum absolute atomic E-state index is 12.7. The molecule has 2 rings (SSSR count). The maximum atomic E-state index is 12.7. The molecular weight excluding hydrogens is 298 g/mol. The molecule has 0 atom stereocenters. The topological polar surface area (TPSA) is 90.5 Å². The average Bonchev–Trinajstić information content (AvgIpc) is 2.98. The Morgan fingerprint density at radius 2 is 2.35 bits per heavy atom. The van der Waals surface area contributed by atoms with Gasteiger partial charge in [0.15, 0.2) is 15.8 Å². The van der Waals surface area contributed by atoms with Gasteiger partial charge in [0.1, 0.15) is 0 Å². The Balaban J connectivity index is 2.55. The van der Waals surface area contributed by atoms with Crippen molar-refractivity contribution < 1.29 is 8.42 Å². The zero-order valence-corrected chi connectivity index (χ0v) is 12.8. The van der Waals surface area contributed by atoms with Gasteiger partial charge in [-0.25, -0.2) is 13.4 Å². The number of fused-ring (bicyclic) bond motifs is 1. The average molecular weight is 313 g/mol. The molecule has 2 aromatic heterocycles. The number of rotatable bonds is 6. The number of thiazole rings is 1. The van der Waals surface area contributed by atoms with Gasteiger partial charge < -0.3 is 5.32 Å². The van der Waals surface area contributed by atoms with Gasteiger partial charge in [-0.1, -0.05) is 6.92 Å². The molecule has 0 aromatic carbocycles. The van der Waals surface area contributed by atoms with Crippen molar-refractivity contribution in [2.75, 3.05) is 25.5 Å². The summed E-state index contributed by atoms with van der Waals surface area (Å²) in [5, 5.41) is 13.4. The number of imidazole rings is 1. The third-order valence-electron chi connectivity index (χ3n) is 2.87. The van der Waals surface area contributed by atoms with Crippen LogP contribution in [-0.4, -0.2) is 42.2 Å². The van der Waals surface area contributed by atoms with Gasteiger partial charge in [-0.3, -0.25) is 4.40 Å². The van der Waals surface area contributed by atoms with Crippen molar-refractivity contribution >= 4 is 32.1 Å². The molecule has 0 spiro atoms. The molecule has 0 radical (unpaired) electrons. The van der Waals surface area contributed by atoms with Gasteiger partial charge >= 0.3 is 0 Å². The van der Waals surface area contributed by atoms with Crippen LogP contribution in [0, 0.1) is 11.3 Å². The molecule has 20 heavy (non-hydrogen) atoms. The summed E-state index contributed by atoms with van der Waals surface area (Å²) >= 11 is 1.37. The highest BCUT2D eigenvalue weighted by molar-refractivity contribution is 7.89. The van der Waals surface area contributed by atoms with E-state index in [1.165, 1.54) is 15.6 Å². The Hall–Kier alpha value is -1.63. The summed E-state index contributed by atoms with van der Waals surface area (Å²) in [5.74, 6) is 0.326. The molecule has 1 N–H and O–H groups in total. The molecule has 108 valence electrons. The van der Waals surface area contributed by atoms with E-state index < -0.39 is 10.0 Å². The van der Waals surface area contributed by atoms with Gasteiger partial charge in [-0.2, -0.15) is 9.57 Å². The summed E-state index contributed by atoms with van der Waals surface area (Å²) in [6, 6.07) is 1.97. The predicted molar refractivity (Wildman–Crippen MR) is 77.3 cm³/mol. The Bertz CT molecular complexity index is 741. The second-order valence-corrected chi connectivity index (χ2v) is 6.70. The zero-order chi connectivity index (χ0) is 14.8. The van der Waals surface area contributed by atoms with Crippen LogP contribution in [0.25, 0.3) is 4.96 Å². The number of anilines is 1. The summed E-state index contributed by atoms with van der Waals surface area (Å²) in [4.78, 5) is 4.87. The molecule has 0 aliphatic rings. The molecule has 0 saturated carbocycles. The van der Waals surface area contributed by atoms with Gasteiger partial charge in [-0.15, -0.1) is 11.3 Å². The number of sulfonamides is 1. The van der Waals surface area contributed by atoms with Gasteiger partial charge in [0.25, 0.3) is 10.0 Å². The van der Waals surface area contributed by atoms with Crippen LogP contribution in [0.3, 0.4) is 0 Å². The van der Waals surface area contributed by atoms with E-state index >= 15 is 0 Å². The molecule has 2 aromatic rings. The largest absolute Gasteiger partial charge is 0.371 e. The van der Waals surface area contributed by atoms with Crippen molar-refractivity contribution in [1.29, 1.82) is 5.26 Å². The molecule has 7 nitrogen and oxygen atoms in total. The van der Waals surface area contributed by atoms with E-state index in [0.29, 0.717) is 17.3 Å². The van der Waals surface area contributed by atoms with E-state index in [1.807, 2.05) is 6.07 Å². The molecule has 0 bridgehead atoms. The smallest absolute Gasteiger partial charge is 0.262 e. The summed E-state index contributed by atoms with van der Waals surface area (Å²) in [6.07, 6.45) is 1.84. The van der Waals surface area contributed by atoms with Crippen LogP contribution < -0.4 is 5.32 Å². The van der Waals surface area contributed by atoms with E-state index in [0.717, 1.165) is 0 Å². The highest BCUT2D eigenvalue weighted by atomic mass is 32.2. The predicted octanol–water partition coefficient (Wildman–Crippen LogP) is 1.36. The van der Waals surface area contributed by atoms with E-state index in [4.69, 9.17) is 5.26 Å². The quantitative estimate of drug-likeness (QED) is 0.869. The molecule has 0 saturated heterocycles. The van der Waals surface area contributed by atoms with Gasteiger partial charge in [0, 0.05) is 38.1 Å². The number of aromatic nitrogens is 2.